The van der Waals surface area contributed by atoms with E-state index in [1.54, 1.807) is 12.3 Å². The Balaban J connectivity index is 2.82. The molecule has 1 aromatic carbocycles. The molecule has 2 rings (SSSR count). The topological polar surface area (TPSA) is 42.1 Å². The number of fused-ring (bicyclic) bond motifs is 1. The van der Waals surface area contributed by atoms with Crippen molar-refractivity contribution in [1.29, 1.82) is 0 Å². The second-order valence-electron chi connectivity index (χ2n) is 2.97. The Labute approximate surface area is 93.4 Å². The fraction of sp³-hybridized carbons (Fsp3) is 0.100. The lowest BCUT2D eigenvalue weighted by Gasteiger charge is -2.04. The van der Waals surface area contributed by atoms with Gasteiger partial charge in [0.25, 0.3) is 0 Å². The van der Waals surface area contributed by atoms with Gasteiger partial charge in [-0.1, -0.05) is 0 Å². The zero-order valence-electron chi connectivity index (χ0n) is 7.80. The van der Waals surface area contributed by atoms with Gasteiger partial charge in [-0.3, -0.25) is 0 Å². The zero-order chi connectivity index (χ0) is 11.0. The molecule has 0 aliphatic carbocycles. The summed E-state index contributed by atoms with van der Waals surface area (Å²) in [6, 6.07) is 3.01. The average molecular weight is 272 g/mol. The maximum Gasteiger partial charge on any atom is 0.343 e. The number of nitrogens with one attached hydrogen (secondary N) is 1. The van der Waals surface area contributed by atoms with E-state index in [2.05, 4.69) is 25.7 Å². The van der Waals surface area contributed by atoms with Crippen LogP contribution in [0.4, 0.5) is 4.39 Å². The summed E-state index contributed by atoms with van der Waals surface area (Å²) < 4.78 is 18.7. The molecule has 0 aliphatic rings. The normalized spacial score (nSPS) is 10.6. The summed E-state index contributed by atoms with van der Waals surface area (Å²) in [7, 11) is 1.22. The standard InChI is InChI=1S/C10H7BrFNO2/c1-15-10(14)8-7(12)4-6(11)5-2-3-13-9(5)8/h2-4,13H,1H3. The van der Waals surface area contributed by atoms with Crippen molar-refractivity contribution in [3.05, 3.63) is 34.2 Å². The Kier molecular flexibility index (Phi) is 2.48. The number of methoxy groups -OCH3 is 1. The molecule has 78 valence electrons. The molecule has 2 aromatic rings. The summed E-state index contributed by atoms with van der Waals surface area (Å²) in [4.78, 5) is 14.2. The molecular formula is C10H7BrFNO2. The molecule has 3 nitrogen and oxygen atoms in total. The maximum absolute atomic E-state index is 13.5. The van der Waals surface area contributed by atoms with Crippen LogP contribution in [0.25, 0.3) is 10.9 Å². The number of carbonyl (C=O) groups is 1. The fourth-order valence-corrected chi connectivity index (χ4v) is 1.99. The number of benzene rings is 1. The highest BCUT2D eigenvalue weighted by molar-refractivity contribution is 9.10. The predicted octanol–water partition coefficient (Wildman–Crippen LogP) is 2.86. The number of hydrogen-bond acceptors (Lipinski definition) is 2. The lowest BCUT2D eigenvalue weighted by Crippen LogP contribution is -2.05. The number of carbonyl (C=O) groups excluding carboxylic acids is 1. The Morgan fingerprint density at radius 2 is 2.33 bits per heavy atom. The van der Waals surface area contributed by atoms with Crippen molar-refractivity contribution < 1.29 is 13.9 Å². The molecule has 0 saturated carbocycles. The number of H-pyrrole nitrogens is 1. The van der Waals surface area contributed by atoms with Crippen molar-refractivity contribution in [2.45, 2.75) is 0 Å². The molecule has 0 spiro atoms. The Hall–Kier alpha value is -1.36. The van der Waals surface area contributed by atoms with Crippen molar-refractivity contribution in [2.24, 2.45) is 0 Å². The average Bonchev–Trinajstić information content (AvgIpc) is 2.66. The van der Waals surface area contributed by atoms with Crippen LogP contribution in [-0.4, -0.2) is 18.1 Å². The van der Waals surface area contributed by atoms with E-state index in [0.29, 0.717) is 9.99 Å². The van der Waals surface area contributed by atoms with Crippen LogP contribution in [0.3, 0.4) is 0 Å². The first-order valence-electron chi connectivity index (χ1n) is 4.18. The molecule has 0 radical (unpaired) electrons. The number of ether oxygens (including phenoxy) is 1. The largest absolute Gasteiger partial charge is 0.465 e. The van der Waals surface area contributed by atoms with Crippen LogP contribution in [0, 0.1) is 5.82 Å². The molecule has 0 saturated heterocycles. The molecule has 0 aliphatic heterocycles. The molecular weight excluding hydrogens is 265 g/mol. The summed E-state index contributed by atoms with van der Waals surface area (Å²) in [6.45, 7) is 0. The molecule has 1 N–H and O–H groups in total. The van der Waals surface area contributed by atoms with Gasteiger partial charge < -0.3 is 9.72 Å². The molecule has 0 bridgehead atoms. The number of rotatable bonds is 1. The van der Waals surface area contributed by atoms with Crippen molar-refractivity contribution in [3.8, 4) is 0 Å². The molecule has 0 amide bonds. The van der Waals surface area contributed by atoms with Gasteiger partial charge in [0.1, 0.15) is 11.4 Å². The highest BCUT2D eigenvalue weighted by Gasteiger charge is 2.18. The van der Waals surface area contributed by atoms with Crippen molar-refractivity contribution >= 4 is 32.8 Å². The lowest BCUT2D eigenvalue weighted by atomic mass is 10.1. The van der Waals surface area contributed by atoms with Crippen molar-refractivity contribution in [2.75, 3.05) is 7.11 Å². The Morgan fingerprint density at radius 3 is 3.00 bits per heavy atom. The van der Waals surface area contributed by atoms with Crippen LogP contribution in [0.2, 0.25) is 0 Å². The van der Waals surface area contributed by atoms with Gasteiger partial charge >= 0.3 is 5.97 Å². The van der Waals surface area contributed by atoms with Crippen LogP contribution < -0.4 is 0 Å². The molecule has 0 fully saturated rings. The van der Waals surface area contributed by atoms with E-state index < -0.39 is 11.8 Å². The van der Waals surface area contributed by atoms with Gasteiger partial charge in [-0.05, 0) is 28.1 Å². The highest BCUT2D eigenvalue weighted by atomic mass is 79.9. The van der Waals surface area contributed by atoms with E-state index >= 15 is 0 Å². The SMILES string of the molecule is COC(=O)c1c(F)cc(Br)c2cc[nH]c12. The van der Waals surface area contributed by atoms with Gasteiger partial charge in [0, 0.05) is 16.1 Å². The molecule has 0 atom stereocenters. The Bertz CT molecular complexity index is 535. The third-order valence-corrected chi connectivity index (χ3v) is 2.79. The number of aromatic amines is 1. The fourth-order valence-electron chi connectivity index (χ4n) is 1.46. The van der Waals surface area contributed by atoms with Crippen molar-refractivity contribution in [1.82, 2.24) is 4.98 Å². The Morgan fingerprint density at radius 1 is 1.60 bits per heavy atom. The van der Waals surface area contributed by atoms with Crippen LogP contribution in [0.1, 0.15) is 10.4 Å². The van der Waals surface area contributed by atoms with E-state index in [1.807, 2.05) is 0 Å². The summed E-state index contributed by atoms with van der Waals surface area (Å²) in [5.41, 5.74) is 0.370. The third kappa shape index (κ3) is 1.52. The monoisotopic (exact) mass is 271 g/mol. The molecule has 1 aromatic heterocycles. The molecule has 5 heteroatoms. The van der Waals surface area contributed by atoms with E-state index in [0.717, 1.165) is 5.39 Å². The number of hydrogen-bond donors (Lipinski definition) is 1. The molecule has 15 heavy (non-hydrogen) atoms. The summed E-state index contributed by atoms with van der Waals surface area (Å²) in [5.74, 6) is -1.30. The van der Waals surface area contributed by atoms with E-state index in [-0.39, 0.29) is 5.56 Å². The van der Waals surface area contributed by atoms with Gasteiger partial charge in [-0.25, -0.2) is 9.18 Å². The summed E-state index contributed by atoms with van der Waals surface area (Å²) in [5, 5.41) is 0.747. The highest BCUT2D eigenvalue weighted by Crippen LogP contribution is 2.28. The summed E-state index contributed by atoms with van der Waals surface area (Å²) >= 11 is 3.22. The second kappa shape index (κ2) is 3.66. The van der Waals surface area contributed by atoms with Gasteiger partial charge in [0.2, 0.25) is 0 Å². The van der Waals surface area contributed by atoms with E-state index in [9.17, 15) is 9.18 Å². The first kappa shape index (κ1) is 10.2. The van der Waals surface area contributed by atoms with Gasteiger partial charge in [0.15, 0.2) is 0 Å². The van der Waals surface area contributed by atoms with Gasteiger partial charge in [-0.15, -0.1) is 0 Å². The first-order valence-corrected chi connectivity index (χ1v) is 4.98. The predicted molar refractivity (Wildman–Crippen MR) is 57.3 cm³/mol. The minimum absolute atomic E-state index is 0.0688. The minimum atomic E-state index is -0.688. The number of halogens is 2. The quantitative estimate of drug-likeness (QED) is 0.811. The molecule has 1 heterocycles. The van der Waals surface area contributed by atoms with Crippen LogP contribution in [0.15, 0.2) is 22.8 Å². The maximum atomic E-state index is 13.5. The van der Waals surface area contributed by atoms with Gasteiger partial charge in [-0.2, -0.15) is 0 Å². The lowest BCUT2D eigenvalue weighted by molar-refractivity contribution is 0.0597. The van der Waals surface area contributed by atoms with Crippen molar-refractivity contribution in [3.63, 3.8) is 0 Å². The third-order valence-electron chi connectivity index (χ3n) is 2.14. The van der Waals surface area contributed by atoms with E-state index in [1.165, 1.54) is 13.2 Å². The van der Waals surface area contributed by atoms with E-state index in [4.69, 9.17) is 0 Å². The van der Waals surface area contributed by atoms with Crippen LogP contribution in [0.5, 0.6) is 0 Å². The van der Waals surface area contributed by atoms with Crippen LogP contribution in [-0.2, 0) is 4.74 Å². The van der Waals surface area contributed by atoms with Crippen LogP contribution >= 0.6 is 15.9 Å². The first-order chi connectivity index (χ1) is 7.15. The summed E-state index contributed by atoms with van der Waals surface area (Å²) in [6.07, 6.45) is 1.64. The smallest absolute Gasteiger partial charge is 0.343 e. The second-order valence-corrected chi connectivity index (χ2v) is 3.83. The minimum Gasteiger partial charge on any atom is -0.465 e. The number of esters is 1. The number of aromatic nitrogens is 1. The molecule has 0 unspecified atom stereocenters. The van der Waals surface area contributed by atoms with Gasteiger partial charge in [0.05, 0.1) is 12.6 Å². The zero-order valence-corrected chi connectivity index (χ0v) is 9.39.